The van der Waals surface area contributed by atoms with Crippen molar-refractivity contribution in [2.45, 2.75) is 13.3 Å². The summed E-state index contributed by atoms with van der Waals surface area (Å²) in [5, 5.41) is 6.74. The van der Waals surface area contributed by atoms with Crippen LogP contribution in [0.2, 0.25) is 5.02 Å². The third-order valence-corrected chi connectivity index (χ3v) is 3.74. The maximum absolute atomic E-state index is 11.9. The molecule has 0 aromatic heterocycles. The summed E-state index contributed by atoms with van der Waals surface area (Å²) in [4.78, 5) is 34.9. The Morgan fingerprint density at radius 2 is 1.79 bits per heavy atom. The second-order valence-corrected chi connectivity index (χ2v) is 6.07. The van der Waals surface area contributed by atoms with Crippen molar-refractivity contribution >= 4 is 41.3 Å². The van der Waals surface area contributed by atoms with Crippen molar-refractivity contribution in [3.63, 3.8) is 0 Å². The number of amides is 2. The SMILES string of the molecule is CCOC(=O)COc1ccc(C=NNC(=O)CC(=O)Nc2ccccc2Cl)cc1. The molecule has 29 heavy (non-hydrogen) atoms. The molecule has 0 saturated carbocycles. The van der Waals surface area contributed by atoms with Crippen LogP contribution in [-0.4, -0.2) is 37.2 Å². The van der Waals surface area contributed by atoms with Gasteiger partial charge in [-0.2, -0.15) is 5.10 Å². The minimum absolute atomic E-state index is 0.173. The van der Waals surface area contributed by atoms with E-state index >= 15 is 0 Å². The third-order valence-electron chi connectivity index (χ3n) is 3.41. The van der Waals surface area contributed by atoms with Gasteiger partial charge in [0.1, 0.15) is 12.2 Å². The van der Waals surface area contributed by atoms with Gasteiger partial charge in [-0.15, -0.1) is 0 Å². The first-order valence-electron chi connectivity index (χ1n) is 8.72. The maximum Gasteiger partial charge on any atom is 0.344 e. The van der Waals surface area contributed by atoms with E-state index in [0.717, 1.165) is 0 Å². The van der Waals surface area contributed by atoms with E-state index in [-0.39, 0.29) is 6.61 Å². The molecule has 0 fully saturated rings. The zero-order chi connectivity index (χ0) is 21.1. The first kappa shape index (κ1) is 21.9. The standard InChI is InChI=1S/C20H20ClN3O5/c1-2-28-20(27)13-29-15-9-7-14(8-10-15)12-22-24-19(26)11-18(25)23-17-6-4-3-5-16(17)21/h3-10,12H,2,11,13H2,1H3,(H,23,25)(H,24,26). The Kier molecular flexibility index (Phi) is 8.65. The fraction of sp³-hybridized carbons (Fsp3) is 0.200. The van der Waals surface area contributed by atoms with Gasteiger partial charge in [-0.05, 0) is 48.9 Å². The van der Waals surface area contributed by atoms with Gasteiger partial charge in [0, 0.05) is 0 Å². The smallest absolute Gasteiger partial charge is 0.344 e. The van der Waals surface area contributed by atoms with Crippen molar-refractivity contribution in [3.05, 3.63) is 59.1 Å². The lowest BCUT2D eigenvalue weighted by molar-refractivity contribution is -0.145. The van der Waals surface area contributed by atoms with Crippen molar-refractivity contribution in [2.24, 2.45) is 5.10 Å². The maximum atomic E-state index is 11.9. The Balaban J connectivity index is 1.75. The molecular weight excluding hydrogens is 398 g/mol. The largest absolute Gasteiger partial charge is 0.482 e. The molecule has 0 aliphatic rings. The van der Waals surface area contributed by atoms with Crippen LogP contribution in [-0.2, 0) is 19.1 Å². The number of ether oxygens (including phenoxy) is 2. The number of anilines is 1. The van der Waals surface area contributed by atoms with Crippen molar-refractivity contribution in [2.75, 3.05) is 18.5 Å². The van der Waals surface area contributed by atoms with Gasteiger partial charge in [0.15, 0.2) is 6.61 Å². The molecule has 0 aliphatic carbocycles. The normalized spacial score (nSPS) is 10.4. The van der Waals surface area contributed by atoms with Crippen molar-refractivity contribution in [3.8, 4) is 5.75 Å². The molecule has 0 saturated heterocycles. The Labute approximate surface area is 172 Å². The van der Waals surface area contributed by atoms with Gasteiger partial charge in [-0.1, -0.05) is 23.7 Å². The number of halogens is 1. The predicted molar refractivity (Wildman–Crippen MR) is 109 cm³/mol. The highest BCUT2D eigenvalue weighted by atomic mass is 35.5. The fourth-order valence-corrected chi connectivity index (χ4v) is 2.30. The van der Waals surface area contributed by atoms with Crippen LogP contribution in [0.4, 0.5) is 5.69 Å². The predicted octanol–water partition coefficient (Wildman–Crippen LogP) is 2.76. The first-order valence-corrected chi connectivity index (χ1v) is 9.10. The second kappa shape index (κ2) is 11.5. The Morgan fingerprint density at radius 3 is 2.48 bits per heavy atom. The Hall–Kier alpha value is -3.39. The fourth-order valence-electron chi connectivity index (χ4n) is 2.12. The number of hydrogen-bond donors (Lipinski definition) is 2. The van der Waals surface area contributed by atoms with Crippen LogP contribution in [0.1, 0.15) is 18.9 Å². The molecule has 0 atom stereocenters. The molecule has 152 valence electrons. The van der Waals surface area contributed by atoms with Crippen LogP contribution in [0.5, 0.6) is 5.75 Å². The van der Waals surface area contributed by atoms with E-state index in [1.807, 2.05) is 0 Å². The van der Waals surface area contributed by atoms with Crippen LogP contribution in [0.3, 0.4) is 0 Å². The van der Waals surface area contributed by atoms with Gasteiger partial charge >= 0.3 is 5.97 Å². The summed E-state index contributed by atoms with van der Waals surface area (Å²) in [5.74, 6) is -1.02. The van der Waals surface area contributed by atoms with Crippen LogP contribution in [0.15, 0.2) is 53.6 Å². The topological polar surface area (TPSA) is 106 Å². The number of para-hydroxylation sites is 1. The van der Waals surface area contributed by atoms with E-state index in [2.05, 4.69) is 15.8 Å². The molecule has 2 aromatic carbocycles. The Morgan fingerprint density at radius 1 is 1.07 bits per heavy atom. The minimum Gasteiger partial charge on any atom is -0.482 e. The van der Waals surface area contributed by atoms with E-state index in [4.69, 9.17) is 21.1 Å². The van der Waals surface area contributed by atoms with E-state index in [1.54, 1.807) is 55.5 Å². The van der Waals surface area contributed by atoms with Crippen molar-refractivity contribution in [1.82, 2.24) is 5.43 Å². The van der Waals surface area contributed by atoms with E-state index in [9.17, 15) is 14.4 Å². The molecule has 8 nitrogen and oxygen atoms in total. The average Bonchev–Trinajstić information content (AvgIpc) is 2.69. The van der Waals surface area contributed by atoms with Crippen molar-refractivity contribution < 1.29 is 23.9 Å². The highest BCUT2D eigenvalue weighted by Gasteiger charge is 2.10. The quantitative estimate of drug-likeness (QED) is 0.282. The lowest BCUT2D eigenvalue weighted by Gasteiger charge is -2.06. The molecule has 0 unspecified atom stereocenters. The number of nitrogens with zero attached hydrogens (tertiary/aromatic N) is 1. The molecule has 2 aromatic rings. The average molecular weight is 418 g/mol. The summed E-state index contributed by atoms with van der Waals surface area (Å²) < 4.78 is 10.0. The number of esters is 1. The minimum atomic E-state index is -0.569. The third kappa shape index (κ3) is 8.02. The highest BCUT2D eigenvalue weighted by Crippen LogP contribution is 2.20. The number of carbonyl (C=O) groups is 3. The lowest BCUT2D eigenvalue weighted by atomic mass is 10.2. The molecule has 0 radical (unpaired) electrons. The number of rotatable bonds is 9. The van der Waals surface area contributed by atoms with Gasteiger partial charge in [-0.3, -0.25) is 9.59 Å². The second-order valence-electron chi connectivity index (χ2n) is 5.66. The molecule has 2 N–H and O–H groups in total. The number of carbonyl (C=O) groups excluding carboxylic acids is 3. The highest BCUT2D eigenvalue weighted by molar-refractivity contribution is 6.33. The van der Waals surface area contributed by atoms with Gasteiger partial charge in [0.05, 0.1) is 23.5 Å². The van der Waals surface area contributed by atoms with Crippen LogP contribution in [0.25, 0.3) is 0 Å². The zero-order valence-corrected chi connectivity index (χ0v) is 16.4. The molecular formula is C20H20ClN3O5. The number of benzene rings is 2. The number of hydrazone groups is 1. The van der Waals surface area contributed by atoms with Crippen LogP contribution < -0.4 is 15.5 Å². The monoisotopic (exact) mass is 417 g/mol. The van der Waals surface area contributed by atoms with Crippen LogP contribution >= 0.6 is 11.6 Å². The van der Waals surface area contributed by atoms with Gasteiger partial charge in [0.2, 0.25) is 11.8 Å². The van der Waals surface area contributed by atoms with Gasteiger partial charge in [0.25, 0.3) is 0 Å². The summed E-state index contributed by atoms with van der Waals surface area (Å²) in [7, 11) is 0. The van der Waals surface area contributed by atoms with Gasteiger partial charge < -0.3 is 14.8 Å². The van der Waals surface area contributed by atoms with Crippen LogP contribution in [0, 0.1) is 0 Å². The molecule has 9 heteroatoms. The van der Waals surface area contributed by atoms with Gasteiger partial charge in [-0.25, -0.2) is 10.2 Å². The molecule has 0 spiro atoms. The molecule has 2 rings (SSSR count). The Bertz CT molecular complexity index is 884. The molecule has 2 amide bonds. The molecule has 0 heterocycles. The van der Waals surface area contributed by atoms with E-state index in [0.29, 0.717) is 28.6 Å². The summed E-state index contributed by atoms with van der Waals surface area (Å²) in [5.41, 5.74) is 3.40. The molecule has 0 aliphatic heterocycles. The van der Waals surface area contributed by atoms with E-state index < -0.39 is 24.2 Å². The zero-order valence-electron chi connectivity index (χ0n) is 15.7. The summed E-state index contributed by atoms with van der Waals surface area (Å²) >= 11 is 5.95. The lowest BCUT2D eigenvalue weighted by Crippen LogP contribution is -2.24. The molecule has 0 bridgehead atoms. The van der Waals surface area contributed by atoms with Crippen molar-refractivity contribution in [1.29, 1.82) is 0 Å². The first-order chi connectivity index (χ1) is 14.0. The summed E-state index contributed by atoms with van der Waals surface area (Å²) in [6, 6.07) is 13.4. The number of hydrogen-bond acceptors (Lipinski definition) is 6. The number of nitrogens with one attached hydrogen (secondary N) is 2. The summed E-state index contributed by atoms with van der Waals surface area (Å²) in [6.45, 7) is 1.84. The summed E-state index contributed by atoms with van der Waals surface area (Å²) in [6.07, 6.45) is 1.02. The van der Waals surface area contributed by atoms with E-state index in [1.165, 1.54) is 6.21 Å².